The predicted octanol–water partition coefficient (Wildman–Crippen LogP) is 1.93. The van der Waals surface area contributed by atoms with E-state index in [2.05, 4.69) is 9.36 Å². The lowest BCUT2D eigenvalue weighted by Crippen LogP contribution is -2.16. The van der Waals surface area contributed by atoms with Crippen LogP contribution in [0.1, 0.15) is 0 Å². The zero-order chi connectivity index (χ0) is 11.3. The van der Waals surface area contributed by atoms with E-state index in [1.165, 1.54) is 4.90 Å². The van der Waals surface area contributed by atoms with Crippen molar-refractivity contribution >= 4 is 40.1 Å². The Bertz CT molecular complexity index is 332. The van der Waals surface area contributed by atoms with Gasteiger partial charge in [-0.2, -0.15) is 9.36 Å². The Hall–Kier alpha value is -0.530. The van der Waals surface area contributed by atoms with Crippen molar-refractivity contribution in [2.45, 2.75) is 5.16 Å². The summed E-state index contributed by atoms with van der Waals surface area (Å²) in [5.74, 6) is 0.401. The summed E-state index contributed by atoms with van der Waals surface area (Å²) in [6, 6.07) is 0. The lowest BCUT2D eigenvalue weighted by atomic mass is 10.9. The van der Waals surface area contributed by atoms with E-state index < -0.39 is 0 Å². The first-order chi connectivity index (χ1) is 7.13. The van der Waals surface area contributed by atoms with E-state index >= 15 is 0 Å². The van der Waals surface area contributed by atoms with Gasteiger partial charge in [-0.25, -0.2) is 0 Å². The third kappa shape index (κ3) is 4.23. The molecule has 0 N–H and O–H groups in total. The third-order valence-corrected chi connectivity index (χ3v) is 3.04. The maximum Gasteiger partial charge on any atom is 0.294 e. The molecule has 0 aromatic carbocycles. The van der Waals surface area contributed by atoms with Crippen LogP contribution in [0.2, 0.25) is 0 Å². The number of carbonyl (C=O) groups excluding carboxylic acids is 1. The van der Waals surface area contributed by atoms with Crippen LogP contribution in [0.3, 0.4) is 0 Å². The van der Waals surface area contributed by atoms with E-state index in [4.69, 9.17) is 16.3 Å². The molecule has 0 aliphatic heterocycles. The SMILES string of the molecule is CN(C)C(=O)Sc1nsc(OCCCl)n1. The fraction of sp³-hybridized carbons (Fsp3) is 0.571. The van der Waals surface area contributed by atoms with Crippen LogP contribution in [0.15, 0.2) is 5.16 Å². The molecule has 0 bridgehead atoms. The Kier molecular flexibility index (Phi) is 5.13. The van der Waals surface area contributed by atoms with Crippen molar-refractivity contribution in [3.63, 3.8) is 0 Å². The Labute approximate surface area is 101 Å². The minimum atomic E-state index is -0.114. The van der Waals surface area contributed by atoms with Crippen LogP contribution in [0.4, 0.5) is 4.79 Å². The van der Waals surface area contributed by atoms with E-state index in [0.29, 0.717) is 22.8 Å². The van der Waals surface area contributed by atoms with E-state index in [1.54, 1.807) is 14.1 Å². The van der Waals surface area contributed by atoms with E-state index in [-0.39, 0.29) is 5.24 Å². The third-order valence-electron chi connectivity index (χ3n) is 1.24. The average molecular weight is 268 g/mol. The smallest absolute Gasteiger partial charge is 0.294 e. The monoisotopic (exact) mass is 267 g/mol. The number of hydrogen-bond acceptors (Lipinski definition) is 6. The van der Waals surface area contributed by atoms with Gasteiger partial charge < -0.3 is 9.64 Å². The highest BCUT2D eigenvalue weighted by Crippen LogP contribution is 2.23. The van der Waals surface area contributed by atoms with E-state index in [9.17, 15) is 4.79 Å². The van der Waals surface area contributed by atoms with Gasteiger partial charge in [0.05, 0.1) is 5.88 Å². The van der Waals surface area contributed by atoms with Gasteiger partial charge in [-0.1, -0.05) is 0 Å². The number of rotatable bonds is 4. The van der Waals surface area contributed by atoms with Crippen molar-refractivity contribution < 1.29 is 9.53 Å². The minimum absolute atomic E-state index is 0.114. The zero-order valence-corrected chi connectivity index (χ0v) is 10.7. The molecule has 1 heterocycles. The van der Waals surface area contributed by atoms with Gasteiger partial charge in [-0.05, 0) is 0 Å². The molecule has 0 saturated heterocycles. The fourth-order valence-electron chi connectivity index (χ4n) is 0.592. The van der Waals surface area contributed by atoms with Gasteiger partial charge in [0.2, 0.25) is 5.16 Å². The van der Waals surface area contributed by atoms with Gasteiger partial charge in [0.25, 0.3) is 10.4 Å². The molecule has 8 heteroatoms. The first-order valence-electron chi connectivity index (χ1n) is 4.05. The molecule has 0 atom stereocenters. The van der Waals surface area contributed by atoms with Crippen LogP contribution in [-0.4, -0.2) is 46.1 Å². The number of carbonyl (C=O) groups is 1. The number of thioether (sulfide) groups is 1. The second-order valence-electron chi connectivity index (χ2n) is 2.64. The Morgan fingerprint density at radius 1 is 1.67 bits per heavy atom. The average Bonchev–Trinajstić information content (AvgIpc) is 2.62. The number of aromatic nitrogens is 2. The van der Waals surface area contributed by atoms with Gasteiger partial charge >= 0.3 is 0 Å². The summed E-state index contributed by atoms with van der Waals surface area (Å²) in [7, 11) is 3.35. The van der Waals surface area contributed by atoms with Crippen molar-refractivity contribution in [1.82, 2.24) is 14.3 Å². The highest BCUT2D eigenvalue weighted by Gasteiger charge is 2.12. The maximum atomic E-state index is 11.3. The number of hydrogen-bond donors (Lipinski definition) is 0. The summed E-state index contributed by atoms with van der Waals surface area (Å²) in [4.78, 5) is 16.8. The Morgan fingerprint density at radius 3 is 3.00 bits per heavy atom. The van der Waals surface area contributed by atoms with Crippen molar-refractivity contribution in [3.05, 3.63) is 0 Å². The highest BCUT2D eigenvalue weighted by molar-refractivity contribution is 8.13. The van der Waals surface area contributed by atoms with Gasteiger partial charge in [0.15, 0.2) is 0 Å². The highest BCUT2D eigenvalue weighted by atomic mass is 35.5. The minimum Gasteiger partial charge on any atom is -0.468 e. The van der Waals surface area contributed by atoms with E-state index in [0.717, 1.165) is 23.3 Å². The first kappa shape index (κ1) is 12.5. The van der Waals surface area contributed by atoms with Crippen LogP contribution in [-0.2, 0) is 0 Å². The topological polar surface area (TPSA) is 55.3 Å². The number of amides is 1. The quantitative estimate of drug-likeness (QED) is 0.616. The second kappa shape index (κ2) is 6.14. The van der Waals surface area contributed by atoms with E-state index in [1.807, 2.05) is 0 Å². The summed E-state index contributed by atoms with van der Waals surface area (Å²) in [6.07, 6.45) is 0. The molecule has 0 aliphatic rings. The summed E-state index contributed by atoms with van der Waals surface area (Å²) in [5.41, 5.74) is 0. The van der Waals surface area contributed by atoms with Crippen LogP contribution in [0, 0.1) is 0 Å². The normalized spacial score (nSPS) is 10.1. The molecule has 0 unspecified atom stereocenters. The molecule has 0 spiro atoms. The lowest BCUT2D eigenvalue weighted by Gasteiger charge is -2.06. The van der Waals surface area contributed by atoms with Crippen LogP contribution in [0.25, 0.3) is 0 Å². The summed E-state index contributed by atoms with van der Waals surface area (Å²) >= 11 is 7.53. The van der Waals surface area contributed by atoms with Gasteiger partial charge in [0, 0.05) is 37.4 Å². The molecule has 5 nitrogen and oxygen atoms in total. The predicted molar refractivity (Wildman–Crippen MR) is 61.1 cm³/mol. The zero-order valence-electron chi connectivity index (χ0n) is 8.27. The van der Waals surface area contributed by atoms with Crippen molar-refractivity contribution in [2.24, 2.45) is 0 Å². The molecule has 1 amide bonds. The maximum absolute atomic E-state index is 11.3. The summed E-state index contributed by atoms with van der Waals surface area (Å²) in [5, 5.41) is 0.727. The second-order valence-corrected chi connectivity index (χ2v) is 4.65. The summed E-state index contributed by atoms with van der Waals surface area (Å²) in [6.45, 7) is 0.391. The van der Waals surface area contributed by atoms with Crippen molar-refractivity contribution in [2.75, 3.05) is 26.6 Å². The molecular formula is C7H10ClN3O2S2. The molecule has 15 heavy (non-hydrogen) atoms. The number of ether oxygens (including phenoxy) is 1. The number of alkyl halides is 1. The number of halogens is 1. The summed E-state index contributed by atoms with van der Waals surface area (Å²) < 4.78 is 9.12. The molecule has 84 valence electrons. The van der Waals surface area contributed by atoms with Crippen LogP contribution in [0.5, 0.6) is 5.19 Å². The lowest BCUT2D eigenvalue weighted by molar-refractivity contribution is 0.241. The molecule has 0 radical (unpaired) electrons. The molecule has 0 saturated carbocycles. The Morgan fingerprint density at radius 2 is 2.40 bits per heavy atom. The molecule has 1 rings (SSSR count). The van der Waals surface area contributed by atoms with Crippen LogP contribution < -0.4 is 4.74 Å². The first-order valence-corrected chi connectivity index (χ1v) is 6.17. The number of nitrogens with zero attached hydrogens (tertiary/aromatic N) is 3. The molecule has 0 aliphatic carbocycles. The van der Waals surface area contributed by atoms with Crippen LogP contribution >= 0.6 is 34.9 Å². The van der Waals surface area contributed by atoms with Crippen molar-refractivity contribution in [1.29, 1.82) is 0 Å². The fourth-order valence-corrected chi connectivity index (χ4v) is 1.92. The molecular weight excluding hydrogens is 258 g/mol. The van der Waals surface area contributed by atoms with Gasteiger partial charge in [-0.3, -0.25) is 4.79 Å². The molecule has 1 aromatic heterocycles. The van der Waals surface area contributed by atoms with Gasteiger partial charge in [-0.15, -0.1) is 11.6 Å². The molecule has 0 fully saturated rings. The largest absolute Gasteiger partial charge is 0.468 e. The van der Waals surface area contributed by atoms with Crippen molar-refractivity contribution in [3.8, 4) is 5.19 Å². The molecule has 1 aromatic rings. The standard InChI is InChI=1S/C7H10ClN3O2S2/c1-11(2)7(12)14-5-9-6(15-10-5)13-4-3-8/h3-4H2,1-2H3. The Balaban J connectivity index is 2.49. The van der Waals surface area contributed by atoms with Gasteiger partial charge in [0.1, 0.15) is 6.61 Å².